The van der Waals surface area contributed by atoms with Crippen LogP contribution in [0.25, 0.3) is 5.65 Å². The van der Waals surface area contributed by atoms with E-state index in [9.17, 15) is 14.0 Å². The van der Waals surface area contributed by atoms with Crippen molar-refractivity contribution in [1.82, 2.24) is 29.7 Å². The Balaban J connectivity index is 1.60. The van der Waals surface area contributed by atoms with Crippen LogP contribution in [0.15, 0.2) is 42.6 Å². The lowest BCUT2D eigenvalue weighted by Gasteiger charge is -2.42. The molecule has 0 spiro atoms. The average Bonchev–Trinajstić information content (AvgIpc) is 3.20. The van der Waals surface area contributed by atoms with E-state index in [0.717, 1.165) is 6.54 Å². The second kappa shape index (κ2) is 9.04. The maximum absolute atomic E-state index is 13.4. The van der Waals surface area contributed by atoms with Gasteiger partial charge in [0.1, 0.15) is 5.82 Å². The van der Waals surface area contributed by atoms with Gasteiger partial charge in [0.15, 0.2) is 11.5 Å². The van der Waals surface area contributed by atoms with E-state index in [-0.39, 0.29) is 36.3 Å². The van der Waals surface area contributed by atoms with Gasteiger partial charge in [-0.1, -0.05) is 12.1 Å². The molecule has 1 aromatic carbocycles. The number of halogens is 1. The summed E-state index contributed by atoms with van der Waals surface area (Å²) < 4.78 is 15.2. The number of benzene rings is 1. The van der Waals surface area contributed by atoms with Gasteiger partial charge >= 0.3 is 0 Å². The molecule has 0 aliphatic carbocycles. The summed E-state index contributed by atoms with van der Waals surface area (Å²) in [6.07, 6.45) is 1.72. The molecular formula is C23H27FN6O2. The number of aromatic nitrogens is 3. The van der Waals surface area contributed by atoms with Crippen LogP contribution in [0, 0.1) is 5.82 Å². The molecule has 2 aromatic heterocycles. The van der Waals surface area contributed by atoms with E-state index in [1.54, 1.807) is 37.4 Å². The molecule has 32 heavy (non-hydrogen) atoms. The third kappa shape index (κ3) is 4.47. The van der Waals surface area contributed by atoms with Gasteiger partial charge in [-0.05, 0) is 43.7 Å². The molecule has 1 atom stereocenters. The molecule has 0 bridgehead atoms. The summed E-state index contributed by atoms with van der Waals surface area (Å²) in [4.78, 5) is 28.9. The molecule has 0 radical (unpaired) electrons. The van der Waals surface area contributed by atoms with Crippen molar-refractivity contribution in [3.63, 3.8) is 0 Å². The molecule has 0 unspecified atom stereocenters. The number of pyridine rings is 1. The van der Waals surface area contributed by atoms with E-state index in [1.165, 1.54) is 12.1 Å². The second-order valence-electron chi connectivity index (χ2n) is 8.33. The fraction of sp³-hybridized carbons (Fsp3) is 0.391. The molecule has 8 nitrogen and oxygen atoms in total. The van der Waals surface area contributed by atoms with Crippen molar-refractivity contribution in [3.8, 4) is 0 Å². The van der Waals surface area contributed by atoms with Gasteiger partial charge < -0.3 is 10.2 Å². The summed E-state index contributed by atoms with van der Waals surface area (Å²) in [5.74, 6) is 0.115. The Bertz CT molecular complexity index is 1140. The second-order valence-corrected chi connectivity index (χ2v) is 8.33. The number of piperazine rings is 1. The lowest BCUT2D eigenvalue weighted by Crippen LogP contribution is -2.52. The first-order valence-corrected chi connectivity index (χ1v) is 10.7. The smallest absolute Gasteiger partial charge is 0.253 e. The number of hydrogen-bond acceptors (Lipinski definition) is 5. The van der Waals surface area contributed by atoms with E-state index in [4.69, 9.17) is 0 Å². The Morgan fingerprint density at radius 2 is 2.00 bits per heavy atom. The van der Waals surface area contributed by atoms with Crippen molar-refractivity contribution < 1.29 is 14.0 Å². The molecule has 168 valence electrons. The molecule has 3 heterocycles. The van der Waals surface area contributed by atoms with Crippen LogP contribution in [0.3, 0.4) is 0 Å². The molecule has 9 heteroatoms. The summed E-state index contributed by atoms with van der Waals surface area (Å²) in [7, 11) is 0. The van der Waals surface area contributed by atoms with Crippen LogP contribution in [0.5, 0.6) is 0 Å². The van der Waals surface area contributed by atoms with E-state index in [1.807, 2.05) is 9.30 Å². The Morgan fingerprint density at radius 1 is 1.19 bits per heavy atom. The predicted molar refractivity (Wildman–Crippen MR) is 117 cm³/mol. The molecular weight excluding hydrogens is 411 g/mol. The Kier molecular flexibility index (Phi) is 6.18. The van der Waals surface area contributed by atoms with E-state index < -0.39 is 0 Å². The summed E-state index contributed by atoms with van der Waals surface area (Å²) in [6.45, 7) is 7.96. The highest BCUT2D eigenvalue weighted by Crippen LogP contribution is 2.27. The van der Waals surface area contributed by atoms with E-state index in [2.05, 4.69) is 34.3 Å². The minimum atomic E-state index is -0.339. The van der Waals surface area contributed by atoms with Crippen LogP contribution in [0.4, 0.5) is 4.39 Å². The van der Waals surface area contributed by atoms with Gasteiger partial charge in [0, 0.05) is 45.3 Å². The van der Waals surface area contributed by atoms with Gasteiger partial charge in [0.05, 0.1) is 11.6 Å². The molecule has 1 fully saturated rings. The topological polar surface area (TPSA) is 82.8 Å². The molecule has 4 rings (SSSR count). The number of amides is 2. The molecule has 2 amide bonds. The number of rotatable bonds is 5. The summed E-state index contributed by atoms with van der Waals surface area (Å²) >= 11 is 0. The zero-order valence-electron chi connectivity index (χ0n) is 18.5. The molecule has 0 saturated carbocycles. The van der Waals surface area contributed by atoms with Crippen molar-refractivity contribution in [2.45, 2.75) is 39.4 Å². The highest BCUT2D eigenvalue weighted by atomic mass is 19.1. The van der Waals surface area contributed by atoms with Gasteiger partial charge in [-0.3, -0.25) is 18.9 Å². The van der Waals surface area contributed by atoms with Crippen LogP contribution in [-0.2, 0) is 11.3 Å². The normalized spacial score (nSPS) is 17.2. The first-order valence-electron chi connectivity index (χ1n) is 10.7. The largest absolute Gasteiger partial charge is 0.348 e. The standard InChI is InChI=1S/C23H27FN6O2/c1-15(2)29-10-9-28(16(3)31)14-20(29)22-27-26-21-8-7-18(13-30(21)22)23(32)25-12-17-5-4-6-19(24)11-17/h4-8,11,13,15,20H,9-10,12,14H2,1-3H3,(H,25,32)/t20-/m0/s1. The van der Waals surface area contributed by atoms with Gasteiger partial charge in [0.2, 0.25) is 5.91 Å². The van der Waals surface area contributed by atoms with Crippen molar-refractivity contribution in [1.29, 1.82) is 0 Å². The number of nitrogens with zero attached hydrogens (tertiary/aromatic N) is 5. The quantitative estimate of drug-likeness (QED) is 0.662. The van der Waals surface area contributed by atoms with Gasteiger partial charge in [0.25, 0.3) is 5.91 Å². The first-order chi connectivity index (χ1) is 15.3. The van der Waals surface area contributed by atoms with Crippen molar-refractivity contribution in [3.05, 3.63) is 65.4 Å². The molecule has 1 aliphatic heterocycles. The average molecular weight is 439 g/mol. The fourth-order valence-corrected chi connectivity index (χ4v) is 4.13. The lowest BCUT2D eigenvalue weighted by molar-refractivity contribution is -0.132. The summed E-state index contributed by atoms with van der Waals surface area (Å²) in [5, 5.41) is 11.5. The monoisotopic (exact) mass is 438 g/mol. The third-order valence-electron chi connectivity index (χ3n) is 5.86. The fourth-order valence-electron chi connectivity index (χ4n) is 4.13. The molecule has 1 N–H and O–H groups in total. The van der Waals surface area contributed by atoms with E-state index in [0.29, 0.717) is 35.7 Å². The molecule has 3 aromatic rings. The Morgan fingerprint density at radius 3 is 2.72 bits per heavy atom. The maximum atomic E-state index is 13.4. The van der Waals surface area contributed by atoms with Gasteiger partial charge in [-0.25, -0.2) is 4.39 Å². The third-order valence-corrected chi connectivity index (χ3v) is 5.86. The first kappa shape index (κ1) is 21.9. The van der Waals surface area contributed by atoms with Crippen LogP contribution in [0.1, 0.15) is 48.6 Å². The number of carbonyl (C=O) groups is 2. The molecule has 1 aliphatic rings. The SMILES string of the molecule is CC(=O)N1CCN(C(C)C)[C@H](c2nnc3ccc(C(=O)NCc4cccc(F)c4)cn23)C1. The maximum Gasteiger partial charge on any atom is 0.253 e. The Hall–Kier alpha value is -3.33. The van der Waals surface area contributed by atoms with Crippen molar-refractivity contribution in [2.75, 3.05) is 19.6 Å². The number of carbonyl (C=O) groups excluding carboxylic acids is 2. The molecule has 1 saturated heterocycles. The summed E-state index contributed by atoms with van der Waals surface area (Å²) in [5.41, 5.74) is 1.76. The highest BCUT2D eigenvalue weighted by molar-refractivity contribution is 5.94. The highest BCUT2D eigenvalue weighted by Gasteiger charge is 2.34. The number of hydrogen-bond donors (Lipinski definition) is 1. The number of fused-ring (bicyclic) bond motifs is 1. The lowest BCUT2D eigenvalue weighted by atomic mass is 10.1. The zero-order chi connectivity index (χ0) is 22.8. The van der Waals surface area contributed by atoms with E-state index >= 15 is 0 Å². The van der Waals surface area contributed by atoms with Crippen LogP contribution in [0.2, 0.25) is 0 Å². The predicted octanol–water partition coefficient (Wildman–Crippen LogP) is 2.41. The van der Waals surface area contributed by atoms with Crippen molar-refractivity contribution >= 4 is 17.5 Å². The minimum absolute atomic E-state index is 0.0321. The van der Waals surface area contributed by atoms with Crippen LogP contribution >= 0.6 is 0 Å². The van der Waals surface area contributed by atoms with Crippen LogP contribution < -0.4 is 5.32 Å². The summed E-state index contributed by atoms with van der Waals surface area (Å²) in [6, 6.07) is 9.71. The zero-order valence-corrected chi connectivity index (χ0v) is 18.5. The van der Waals surface area contributed by atoms with Crippen LogP contribution in [-0.4, -0.2) is 61.9 Å². The Labute approximate surface area is 186 Å². The van der Waals surface area contributed by atoms with Gasteiger partial charge in [-0.2, -0.15) is 0 Å². The van der Waals surface area contributed by atoms with Crippen molar-refractivity contribution in [2.24, 2.45) is 0 Å². The minimum Gasteiger partial charge on any atom is -0.348 e. The number of nitrogens with one attached hydrogen (secondary N) is 1. The van der Waals surface area contributed by atoms with Gasteiger partial charge in [-0.15, -0.1) is 10.2 Å².